The Bertz CT molecular complexity index is 912. The SMILES string of the molecule is Cl.NCc1ccc(-c2noc(C3CCCN(C(=O)c4ccccc4)C3)n2)cc1. The zero-order valence-electron chi connectivity index (χ0n) is 15.5. The molecule has 0 aliphatic carbocycles. The van der Waals surface area contributed by atoms with Gasteiger partial charge in [0.25, 0.3) is 5.91 Å². The highest BCUT2D eigenvalue weighted by Gasteiger charge is 2.29. The van der Waals surface area contributed by atoms with Crippen LogP contribution in [0.4, 0.5) is 0 Å². The van der Waals surface area contributed by atoms with Gasteiger partial charge in [-0.25, -0.2) is 0 Å². The molecule has 1 atom stereocenters. The molecular formula is C21H23ClN4O2. The minimum Gasteiger partial charge on any atom is -0.339 e. The average molecular weight is 399 g/mol. The summed E-state index contributed by atoms with van der Waals surface area (Å²) in [6.07, 6.45) is 1.86. The van der Waals surface area contributed by atoms with E-state index in [2.05, 4.69) is 10.1 Å². The van der Waals surface area contributed by atoms with Gasteiger partial charge < -0.3 is 15.2 Å². The van der Waals surface area contributed by atoms with E-state index >= 15 is 0 Å². The number of carbonyl (C=O) groups excluding carboxylic acids is 1. The van der Waals surface area contributed by atoms with Crippen molar-refractivity contribution < 1.29 is 9.32 Å². The van der Waals surface area contributed by atoms with Crippen molar-refractivity contribution in [2.45, 2.75) is 25.3 Å². The van der Waals surface area contributed by atoms with Gasteiger partial charge in [-0.15, -0.1) is 12.4 Å². The second kappa shape index (κ2) is 8.99. The van der Waals surface area contributed by atoms with Gasteiger partial charge in [-0.2, -0.15) is 4.98 Å². The highest BCUT2D eigenvalue weighted by molar-refractivity contribution is 5.94. The van der Waals surface area contributed by atoms with Gasteiger partial charge >= 0.3 is 0 Å². The summed E-state index contributed by atoms with van der Waals surface area (Å²) in [5, 5.41) is 4.12. The Hall–Kier alpha value is -2.70. The maximum Gasteiger partial charge on any atom is 0.253 e. The first kappa shape index (κ1) is 20.0. The normalized spacial score (nSPS) is 16.5. The molecule has 1 unspecified atom stereocenters. The zero-order valence-corrected chi connectivity index (χ0v) is 16.3. The van der Waals surface area contributed by atoms with Gasteiger partial charge in [-0.1, -0.05) is 47.6 Å². The van der Waals surface area contributed by atoms with Gasteiger partial charge in [0.2, 0.25) is 11.7 Å². The summed E-state index contributed by atoms with van der Waals surface area (Å²) in [5.41, 5.74) is 8.31. The molecule has 2 N–H and O–H groups in total. The molecule has 1 aliphatic rings. The standard InChI is InChI=1S/C21H22N4O2.ClH/c22-13-15-8-10-16(11-9-15)19-23-20(27-24-19)18-7-4-12-25(14-18)21(26)17-5-2-1-3-6-17;/h1-3,5-6,8-11,18H,4,7,12-14,22H2;1H. The van der Waals surface area contributed by atoms with E-state index in [1.165, 1.54) is 0 Å². The molecule has 0 bridgehead atoms. The topological polar surface area (TPSA) is 85.2 Å². The van der Waals surface area contributed by atoms with Crippen molar-refractivity contribution in [3.63, 3.8) is 0 Å². The largest absolute Gasteiger partial charge is 0.339 e. The molecule has 2 aromatic carbocycles. The van der Waals surface area contributed by atoms with Crippen LogP contribution >= 0.6 is 12.4 Å². The molecule has 3 aromatic rings. The molecule has 0 spiro atoms. The molecule has 4 rings (SSSR count). The Morgan fingerprint density at radius 2 is 1.89 bits per heavy atom. The lowest BCUT2D eigenvalue weighted by Crippen LogP contribution is -2.39. The minimum absolute atomic E-state index is 0. The summed E-state index contributed by atoms with van der Waals surface area (Å²) in [6.45, 7) is 1.86. The molecule has 0 saturated carbocycles. The fourth-order valence-electron chi connectivity index (χ4n) is 3.43. The number of benzene rings is 2. The molecule has 146 valence electrons. The second-order valence-electron chi connectivity index (χ2n) is 6.81. The number of halogens is 1. The number of likely N-dealkylation sites (tertiary alicyclic amines) is 1. The first-order valence-corrected chi connectivity index (χ1v) is 9.22. The molecule has 1 aromatic heterocycles. The number of piperidine rings is 1. The summed E-state index contributed by atoms with van der Waals surface area (Å²) in [4.78, 5) is 19.2. The molecule has 1 fully saturated rings. The summed E-state index contributed by atoms with van der Waals surface area (Å²) >= 11 is 0. The third-order valence-corrected chi connectivity index (χ3v) is 4.97. The van der Waals surface area contributed by atoms with Gasteiger partial charge in [0.15, 0.2) is 0 Å². The number of rotatable bonds is 4. The Balaban J connectivity index is 0.00000225. The first-order chi connectivity index (χ1) is 13.2. The van der Waals surface area contributed by atoms with Crippen LogP contribution in [-0.4, -0.2) is 34.0 Å². The lowest BCUT2D eigenvalue weighted by Gasteiger charge is -2.31. The molecule has 1 saturated heterocycles. The van der Waals surface area contributed by atoms with E-state index < -0.39 is 0 Å². The molecular weight excluding hydrogens is 376 g/mol. The number of hydrogen-bond acceptors (Lipinski definition) is 5. The molecule has 7 heteroatoms. The van der Waals surface area contributed by atoms with E-state index in [0.717, 1.165) is 30.5 Å². The van der Waals surface area contributed by atoms with Crippen molar-refractivity contribution >= 4 is 18.3 Å². The smallest absolute Gasteiger partial charge is 0.253 e. The van der Waals surface area contributed by atoms with Crippen molar-refractivity contribution in [3.05, 3.63) is 71.6 Å². The molecule has 1 amide bonds. The number of aromatic nitrogens is 2. The van der Waals surface area contributed by atoms with Crippen LogP contribution in [0.1, 0.15) is 40.6 Å². The van der Waals surface area contributed by atoms with Crippen LogP contribution in [-0.2, 0) is 6.54 Å². The van der Waals surface area contributed by atoms with E-state index in [-0.39, 0.29) is 24.2 Å². The van der Waals surface area contributed by atoms with Gasteiger partial charge in [0.05, 0.1) is 5.92 Å². The van der Waals surface area contributed by atoms with Crippen LogP contribution in [0, 0.1) is 0 Å². The summed E-state index contributed by atoms with van der Waals surface area (Å²) in [7, 11) is 0. The van der Waals surface area contributed by atoms with Crippen LogP contribution in [0.5, 0.6) is 0 Å². The lowest BCUT2D eigenvalue weighted by molar-refractivity contribution is 0.0695. The van der Waals surface area contributed by atoms with Crippen LogP contribution < -0.4 is 5.73 Å². The third-order valence-electron chi connectivity index (χ3n) is 4.97. The van der Waals surface area contributed by atoms with Crippen molar-refractivity contribution in [2.24, 2.45) is 5.73 Å². The summed E-state index contributed by atoms with van der Waals surface area (Å²) in [5.74, 6) is 1.28. The fraction of sp³-hybridized carbons (Fsp3) is 0.286. The molecule has 6 nitrogen and oxygen atoms in total. The minimum atomic E-state index is 0. The number of nitrogens with two attached hydrogens (primary N) is 1. The predicted octanol–water partition coefficient (Wildman–Crippen LogP) is 3.64. The van der Waals surface area contributed by atoms with E-state index in [9.17, 15) is 4.79 Å². The Morgan fingerprint density at radius 3 is 2.61 bits per heavy atom. The average Bonchev–Trinajstić information content (AvgIpc) is 3.24. The molecule has 0 radical (unpaired) electrons. The van der Waals surface area contributed by atoms with Crippen LogP contribution in [0.15, 0.2) is 59.1 Å². The predicted molar refractivity (Wildman–Crippen MR) is 109 cm³/mol. The molecule has 28 heavy (non-hydrogen) atoms. The van der Waals surface area contributed by atoms with Crippen molar-refractivity contribution in [3.8, 4) is 11.4 Å². The maximum absolute atomic E-state index is 12.7. The monoisotopic (exact) mass is 398 g/mol. The number of hydrogen-bond donors (Lipinski definition) is 1. The molecule has 2 heterocycles. The van der Waals surface area contributed by atoms with Gasteiger partial charge in [0, 0.05) is 30.8 Å². The highest BCUT2D eigenvalue weighted by Crippen LogP contribution is 2.28. The van der Waals surface area contributed by atoms with Crippen molar-refractivity contribution in [1.29, 1.82) is 0 Å². The molecule has 1 aliphatic heterocycles. The van der Waals surface area contributed by atoms with Gasteiger partial charge in [0.1, 0.15) is 0 Å². The van der Waals surface area contributed by atoms with E-state index in [4.69, 9.17) is 10.3 Å². The van der Waals surface area contributed by atoms with E-state index in [1.54, 1.807) is 0 Å². The van der Waals surface area contributed by atoms with Crippen molar-refractivity contribution in [1.82, 2.24) is 15.0 Å². The number of nitrogens with zero attached hydrogens (tertiary/aromatic N) is 3. The third kappa shape index (κ3) is 4.24. The highest BCUT2D eigenvalue weighted by atomic mass is 35.5. The van der Waals surface area contributed by atoms with Crippen LogP contribution in [0.2, 0.25) is 0 Å². The van der Waals surface area contributed by atoms with E-state index in [0.29, 0.717) is 30.4 Å². The quantitative estimate of drug-likeness (QED) is 0.725. The van der Waals surface area contributed by atoms with Gasteiger partial charge in [-0.3, -0.25) is 4.79 Å². The zero-order chi connectivity index (χ0) is 18.6. The van der Waals surface area contributed by atoms with Crippen LogP contribution in [0.25, 0.3) is 11.4 Å². The lowest BCUT2D eigenvalue weighted by atomic mass is 9.97. The van der Waals surface area contributed by atoms with Crippen molar-refractivity contribution in [2.75, 3.05) is 13.1 Å². The number of amides is 1. The first-order valence-electron chi connectivity index (χ1n) is 9.22. The summed E-state index contributed by atoms with van der Waals surface area (Å²) < 4.78 is 5.53. The Labute approximate surface area is 170 Å². The Kier molecular flexibility index (Phi) is 6.44. The van der Waals surface area contributed by atoms with Crippen LogP contribution in [0.3, 0.4) is 0 Å². The van der Waals surface area contributed by atoms with E-state index in [1.807, 2.05) is 59.5 Å². The second-order valence-corrected chi connectivity index (χ2v) is 6.81. The van der Waals surface area contributed by atoms with Gasteiger partial charge in [-0.05, 0) is 30.5 Å². The fourth-order valence-corrected chi connectivity index (χ4v) is 3.43. The maximum atomic E-state index is 12.7. The Morgan fingerprint density at radius 1 is 1.14 bits per heavy atom. The number of carbonyl (C=O) groups is 1. The summed E-state index contributed by atoms with van der Waals surface area (Å²) in [6, 6.07) is 17.2.